The normalized spacial score (nSPS) is 12.4. The van der Waals surface area contributed by atoms with Gasteiger partial charge in [-0.25, -0.2) is 22.0 Å². The number of sulfonamides is 1. The number of rotatable bonds is 8. The van der Waals surface area contributed by atoms with Crippen LogP contribution in [0.5, 0.6) is 0 Å². The summed E-state index contributed by atoms with van der Waals surface area (Å²) in [5, 5.41) is 15.3. The first kappa shape index (κ1) is 23.9. The Morgan fingerprint density at radius 2 is 1.67 bits per heavy atom. The number of benzene rings is 2. The molecule has 0 aliphatic rings. The van der Waals surface area contributed by atoms with Crippen molar-refractivity contribution >= 4 is 27.6 Å². The zero-order chi connectivity index (χ0) is 24.3. The molecule has 9 nitrogen and oxygen atoms in total. The van der Waals surface area contributed by atoms with Crippen LogP contribution in [0.2, 0.25) is 0 Å². The van der Waals surface area contributed by atoms with E-state index in [1.165, 1.54) is 30.3 Å². The van der Waals surface area contributed by atoms with Gasteiger partial charge in [-0.05, 0) is 30.2 Å². The van der Waals surface area contributed by atoms with Crippen LogP contribution in [-0.4, -0.2) is 36.6 Å². The number of carboxylic acids is 1. The van der Waals surface area contributed by atoms with Gasteiger partial charge in [0.1, 0.15) is 23.4 Å². The molecule has 3 aromatic rings. The largest absolute Gasteiger partial charge is 0.480 e. The standard InChI is InChI=1S/C21H19F2N3O6S/c1-11(2)18(21(28)29)24-20(27)17-10-16(25-32-17)12-6-8-13(9-7-12)26-33(30,31)19-14(22)4-3-5-15(19)23/h3-11,18,26H,1-2H3,(H,24,27)(H,28,29)/t18-/m1/s1. The topological polar surface area (TPSA) is 139 Å². The minimum absolute atomic E-state index is 0.0316. The van der Waals surface area contributed by atoms with E-state index in [4.69, 9.17) is 4.52 Å². The maximum atomic E-state index is 13.8. The van der Waals surface area contributed by atoms with Crippen molar-refractivity contribution in [3.63, 3.8) is 0 Å². The van der Waals surface area contributed by atoms with Gasteiger partial charge in [0, 0.05) is 17.3 Å². The van der Waals surface area contributed by atoms with Gasteiger partial charge >= 0.3 is 5.97 Å². The number of hydrogen-bond acceptors (Lipinski definition) is 6. The van der Waals surface area contributed by atoms with Crippen molar-refractivity contribution < 1.29 is 36.4 Å². The summed E-state index contributed by atoms with van der Waals surface area (Å²) in [6.07, 6.45) is 0. The Kier molecular flexibility index (Phi) is 6.77. The first-order valence-corrected chi connectivity index (χ1v) is 11.1. The van der Waals surface area contributed by atoms with Crippen molar-refractivity contribution in [2.24, 2.45) is 5.92 Å². The van der Waals surface area contributed by atoms with E-state index in [-0.39, 0.29) is 23.1 Å². The Morgan fingerprint density at radius 1 is 1.06 bits per heavy atom. The van der Waals surface area contributed by atoms with E-state index in [2.05, 4.69) is 15.2 Å². The second-order valence-corrected chi connectivity index (χ2v) is 8.96. The molecular formula is C21H19F2N3O6S. The molecular weight excluding hydrogens is 460 g/mol. The van der Waals surface area contributed by atoms with Crippen molar-refractivity contribution in [1.82, 2.24) is 10.5 Å². The van der Waals surface area contributed by atoms with E-state index in [9.17, 15) is 31.9 Å². The fourth-order valence-corrected chi connectivity index (χ4v) is 4.10. The van der Waals surface area contributed by atoms with Gasteiger partial charge in [0.25, 0.3) is 15.9 Å². The van der Waals surface area contributed by atoms with Gasteiger partial charge in [0.05, 0.1) is 0 Å². The number of carboxylic acid groups (broad SMARTS) is 1. The Labute approximate surface area is 187 Å². The summed E-state index contributed by atoms with van der Waals surface area (Å²) in [6.45, 7) is 3.28. The number of nitrogens with zero attached hydrogens (tertiary/aromatic N) is 1. The Morgan fingerprint density at radius 3 is 2.21 bits per heavy atom. The molecule has 3 N–H and O–H groups in total. The molecule has 0 aliphatic carbocycles. The Hall–Kier alpha value is -3.80. The van der Waals surface area contributed by atoms with Gasteiger partial charge in [-0.3, -0.25) is 9.52 Å². The third-order valence-electron chi connectivity index (χ3n) is 4.57. The second kappa shape index (κ2) is 9.36. The maximum Gasteiger partial charge on any atom is 0.326 e. The number of anilines is 1. The van der Waals surface area contributed by atoms with Crippen LogP contribution >= 0.6 is 0 Å². The number of carbonyl (C=O) groups is 2. The van der Waals surface area contributed by atoms with Crippen LogP contribution in [0.3, 0.4) is 0 Å². The lowest BCUT2D eigenvalue weighted by atomic mass is 10.0. The highest BCUT2D eigenvalue weighted by Gasteiger charge is 2.26. The molecule has 0 saturated heterocycles. The molecule has 0 saturated carbocycles. The monoisotopic (exact) mass is 479 g/mol. The van der Waals surface area contributed by atoms with Crippen molar-refractivity contribution in [2.75, 3.05) is 4.72 Å². The summed E-state index contributed by atoms with van der Waals surface area (Å²) in [4.78, 5) is 22.4. The fraction of sp³-hybridized carbons (Fsp3) is 0.190. The molecule has 1 amide bonds. The Bertz CT molecular complexity index is 1270. The number of amides is 1. The van der Waals surface area contributed by atoms with Crippen LogP contribution in [0.4, 0.5) is 14.5 Å². The summed E-state index contributed by atoms with van der Waals surface area (Å²) in [6, 6.07) is 8.46. The van der Waals surface area contributed by atoms with Crippen LogP contribution in [0, 0.1) is 17.6 Å². The highest BCUT2D eigenvalue weighted by molar-refractivity contribution is 7.92. The average molecular weight is 479 g/mol. The zero-order valence-corrected chi connectivity index (χ0v) is 18.2. The van der Waals surface area contributed by atoms with Gasteiger partial charge in [-0.1, -0.05) is 37.2 Å². The van der Waals surface area contributed by atoms with E-state index in [0.29, 0.717) is 5.56 Å². The van der Waals surface area contributed by atoms with Gasteiger partial charge in [-0.2, -0.15) is 0 Å². The first-order chi connectivity index (χ1) is 15.5. The average Bonchev–Trinajstić information content (AvgIpc) is 3.21. The van der Waals surface area contributed by atoms with Crippen molar-refractivity contribution in [2.45, 2.75) is 24.8 Å². The molecule has 0 aliphatic heterocycles. The smallest absolute Gasteiger partial charge is 0.326 e. The van der Waals surface area contributed by atoms with Crippen LogP contribution in [0.15, 0.2) is 57.9 Å². The third kappa shape index (κ3) is 5.34. The van der Waals surface area contributed by atoms with E-state index in [1.807, 2.05) is 0 Å². The summed E-state index contributed by atoms with van der Waals surface area (Å²) >= 11 is 0. The lowest BCUT2D eigenvalue weighted by molar-refractivity contribution is -0.140. The highest BCUT2D eigenvalue weighted by Crippen LogP contribution is 2.25. The molecule has 1 heterocycles. The van der Waals surface area contributed by atoms with Crippen LogP contribution in [0.25, 0.3) is 11.3 Å². The molecule has 2 aromatic carbocycles. The fourth-order valence-electron chi connectivity index (χ4n) is 2.90. The second-order valence-electron chi connectivity index (χ2n) is 7.34. The molecule has 174 valence electrons. The lowest BCUT2D eigenvalue weighted by Crippen LogP contribution is -2.44. The molecule has 1 aromatic heterocycles. The Balaban J connectivity index is 1.75. The highest BCUT2D eigenvalue weighted by atomic mass is 32.2. The SMILES string of the molecule is CC(C)[C@@H](NC(=O)c1cc(-c2ccc(NS(=O)(=O)c3c(F)cccc3F)cc2)no1)C(=O)O. The summed E-state index contributed by atoms with van der Waals surface area (Å²) < 4.78 is 59.4. The summed E-state index contributed by atoms with van der Waals surface area (Å²) in [7, 11) is -4.52. The van der Waals surface area contributed by atoms with Gasteiger partial charge in [-0.15, -0.1) is 0 Å². The van der Waals surface area contributed by atoms with Crippen molar-refractivity contribution in [3.05, 3.63) is 65.9 Å². The number of nitrogens with one attached hydrogen (secondary N) is 2. The third-order valence-corrected chi connectivity index (χ3v) is 6.01. The van der Waals surface area contributed by atoms with Gasteiger partial charge in [0.2, 0.25) is 5.76 Å². The zero-order valence-electron chi connectivity index (χ0n) is 17.4. The molecule has 0 bridgehead atoms. The minimum Gasteiger partial charge on any atom is -0.480 e. The van der Waals surface area contributed by atoms with Crippen molar-refractivity contribution in [1.29, 1.82) is 0 Å². The van der Waals surface area contributed by atoms with Gasteiger partial charge in [0.15, 0.2) is 4.90 Å². The summed E-state index contributed by atoms with van der Waals surface area (Å²) in [5.41, 5.74) is 0.701. The van der Waals surface area contributed by atoms with E-state index < -0.39 is 44.5 Å². The van der Waals surface area contributed by atoms with Crippen LogP contribution in [-0.2, 0) is 14.8 Å². The predicted molar refractivity (Wildman–Crippen MR) is 113 cm³/mol. The molecule has 3 rings (SSSR count). The molecule has 0 radical (unpaired) electrons. The number of carbonyl (C=O) groups excluding carboxylic acids is 1. The van der Waals surface area contributed by atoms with Crippen LogP contribution < -0.4 is 10.0 Å². The molecule has 0 unspecified atom stereocenters. The van der Waals surface area contributed by atoms with E-state index in [1.54, 1.807) is 13.8 Å². The van der Waals surface area contributed by atoms with Gasteiger partial charge < -0.3 is 14.9 Å². The lowest BCUT2D eigenvalue weighted by Gasteiger charge is -2.16. The molecule has 33 heavy (non-hydrogen) atoms. The molecule has 0 spiro atoms. The number of aliphatic carboxylic acids is 1. The number of halogens is 2. The molecule has 0 fully saturated rings. The van der Waals surface area contributed by atoms with E-state index in [0.717, 1.165) is 18.2 Å². The molecule has 12 heteroatoms. The predicted octanol–water partition coefficient (Wildman–Crippen LogP) is 3.26. The van der Waals surface area contributed by atoms with E-state index >= 15 is 0 Å². The maximum absolute atomic E-state index is 13.8. The van der Waals surface area contributed by atoms with Crippen LogP contribution in [0.1, 0.15) is 24.4 Å². The molecule has 1 atom stereocenters. The first-order valence-electron chi connectivity index (χ1n) is 9.57. The number of hydrogen-bond donors (Lipinski definition) is 3. The quantitative estimate of drug-likeness (QED) is 0.451. The van der Waals surface area contributed by atoms with Crippen molar-refractivity contribution in [3.8, 4) is 11.3 Å². The summed E-state index contributed by atoms with van der Waals surface area (Å²) in [5.74, 6) is -4.97. The minimum atomic E-state index is -4.52. The number of aromatic nitrogens is 1.